The van der Waals surface area contributed by atoms with Gasteiger partial charge in [-0.2, -0.15) is 0 Å². The third-order valence-electron chi connectivity index (χ3n) is 3.99. The highest BCUT2D eigenvalue weighted by molar-refractivity contribution is 7.17. The number of esters is 1. The molecule has 0 aliphatic heterocycles. The summed E-state index contributed by atoms with van der Waals surface area (Å²) in [6.45, 7) is 6.17. The monoisotopic (exact) mass is 309 g/mol. The van der Waals surface area contributed by atoms with E-state index in [4.69, 9.17) is 4.74 Å². The summed E-state index contributed by atoms with van der Waals surface area (Å²) in [6, 6.07) is 0. The number of hydrogen-bond donors (Lipinski definition) is 1. The van der Waals surface area contributed by atoms with Crippen molar-refractivity contribution >= 4 is 28.2 Å². The molecule has 1 aromatic rings. The first-order valence-corrected chi connectivity index (χ1v) is 8.56. The summed E-state index contributed by atoms with van der Waals surface area (Å²) < 4.78 is 5.16. The molecular formula is C16H23NO3S. The van der Waals surface area contributed by atoms with E-state index in [1.54, 1.807) is 6.92 Å². The largest absolute Gasteiger partial charge is 0.462 e. The molecule has 4 nitrogen and oxygen atoms in total. The van der Waals surface area contributed by atoms with Crippen LogP contribution in [0.15, 0.2) is 0 Å². The number of fused-ring (bicyclic) bond motifs is 1. The molecule has 5 heteroatoms. The number of rotatable bonds is 6. The van der Waals surface area contributed by atoms with Gasteiger partial charge in [0.1, 0.15) is 5.00 Å². The fourth-order valence-electron chi connectivity index (χ4n) is 2.78. The topological polar surface area (TPSA) is 55.4 Å². The minimum Gasteiger partial charge on any atom is -0.462 e. The molecule has 116 valence electrons. The Morgan fingerprint density at radius 3 is 2.57 bits per heavy atom. The van der Waals surface area contributed by atoms with Gasteiger partial charge in [-0.1, -0.05) is 13.8 Å². The van der Waals surface area contributed by atoms with Crippen molar-refractivity contribution in [3.05, 3.63) is 16.0 Å². The number of carbonyl (C=O) groups excluding carboxylic acids is 2. The van der Waals surface area contributed by atoms with Crippen LogP contribution in [0.4, 0.5) is 5.00 Å². The number of anilines is 1. The van der Waals surface area contributed by atoms with E-state index in [1.165, 1.54) is 16.2 Å². The molecule has 21 heavy (non-hydrogen) atoms. The normalized spacial score (nSPS) is 13.3. The Morgan fingerprint density at radius 1 is 1.24 bits per heavy atom. The first-order chi connectivity index (χ1) is 10.1. The molecule has 0 radical (unpaired) electrons. The maximum absolute atomic E-state index is 12.3. The maximum Gasteiger partial charge on any atom is 0.341 e. The van der Waals surface area contributed by atoms with E-state index in [2.05, 4.69) is 5.32 Å². The molecular weight excluding hydrogens is 286 g/mol. The summed E-state index contributed by atoms with van der Waals surface area (Å²) in [7, 11) is 0. The van der Waals surface area contributed by atoms with Crippen LogP contribution in [0.2, 0.25) is 0 Å². The van der Waals surface area contributed by atoms with Crippen molar-refractivity contribution in [3.8, 4) is 0 Å². The van der Waals surface area contributed by atoms with Gasteiger partial charge in [0.15, 0.2) is 0 Å². The van der Waals surface area contributed by atoms with Gasteiger partial charge in [0.2, 0.25) is 5.91 Å². The van der Waals surface area contributed by atoms with Gasteiger partial charge in [-0.3, -0.25) is 4.79 Å². The van der Waals surface area contributed by atoms with Crippen molar-refractivity contribution in [1.29, 1.82) is 0 Å². The van der Waals surface area contributed by atoms with E-state index < -0.39 is 0 Å². The summed E-state index contributed by atoms with van der Waals surface area (Å²) in [5.41, 5.74) is 1.67. The van der Waals surface area contributed by atoms with Crippen molar-refractivity contribution in [2.75, 3.05) is 11.9 Å². The van der Waals surface area contributed by atoms with E-state index in [0.29, 0.717) is 17.2 Å². The highest BCUT2D eigenvalue weighted by Gasteiger charge is 2.29. The molecule has 0 unspecified atom stereocenters. The number of carbonyl (C=O) groups is 2. The van der Waals surface area contributed by atoms with Gasteiger partial charge in [0.05, 0.1) is 12.2 Å². The lowest BCUT2D eigenvalue weighted by Crippen LogP contribution is -2.22. The molecule has 1 aliphatic rings. The molecule has 1 amide bonds. The molecule has 0 bridgehead atoms. The van der Waals surface area contributed by atoms with Gasteiger partial charge in [-0.15, -0.1) is 11.3 Å². The third kappa shape index (κ3) is 3.28. The lowest BCUT2D eigenvalue weighted by atomic mass is 10.0. The predicted octanol–water partition coefficient (Wildman–Crippen LogP) is 3.79. The number of aryl methyl sites for hydroxylation is 1. The van der Waals surface area contributed by atoms with Crippen molar-refractivity contribution in [3.63, 3.8) is 0 Å². The first kappa shape index (κ1) is 16.0. The van der Waals surface area contributed by atoms with E-state index >= 15 is 0 Å². The summed E-state index contributed by atoms with van der Waals surface area (Å²) >= 11 is 1.54. The molecule has 1 heterocycles. The summed E-state index contributed by atoms with van der Waals surface area (Å²) in [5.74, 6) is -0.306. The fraction of sp³-hybridized carbons (Fsp3) is 0.625. The zero-order valence-corrected chi connectivity index (χ0v) is 13.8. The Hall–Kier alpha value is -1.36. The molecule has 1 aliphatic carbocycles. The Kier molecular flexibility index (Phi) is 5.39. The van der Waals surface area contributed by atoms with Crippen molar-refractivity contribution in [1.82, 2.24) is 0 Å². The smallest absolute Gasteiger partial charge is 0.341 e. The number of hydrogen-bond acceptors (Lipinski definition) is 4. The molecule has 0 atom stereocenters. The van der Waals surface area contributed by atoms with Gasteiger partial charge in [0, 0.05) is 10.8 Å². The Morgan fingerprint density at radius 2 is 1.95 bits per heavy atom. The van der Waals surface area contributed by atoms with Crippen LogP contribution in [0.25, 0.3) is 0 Å². The van der Waals surface area contributed by atoms with Crippen LogP contribution in [-0.4, -0.2) is 18.5 Å². The van der Waals surface area contributed by atoms with Gasteiger partial charge < -0.3 is 10.1 Å². The zero-order valence-electron chi connectivity index (χ0n) is 13.0. The van der Waals surface area contributed by atoms with Gasteiger partial charge in [0.25, 0.3) is 0 Å². The average Bonchev–Trinajstić information content (AvgIpc) is 3.00. The SMILES string of the molecule is CCOC(=O)c1c(NC(=O)C(CC)CC)sc2c1CCC2. The standard InChI is InChI=1S/C16H23NO3S/c1-4-10(5-2)14(18)17-15-13(16(19)20-6-3)11-8-7-9-12(11)21-15/h10H,4-9H2,1-3H3,(H,17,18). The molecule has 2 rings (SSSR count). The minimum atomic E-state index is -0.309. The van der Waals surface area contributed by atoms with Crippen LogP contribution in [0.3, 0.4) is 0 Å². The number of thiophene rings is 1. The fourth-order valence-corrected chi connectivity index (χ4v) is 4.07. The van der Waals surface area contributed by atoms with Gasteiger partial charge >= 0.3 is 5.97 Å². The van der Waals surface area contributed by atoms with Crippen molar-refractivity contribution < 1.29 is 14.3 Å². The lowest BCUT2D eigenvalue weighted by molar-refractivity contribution is -0.120. The molecule has 0 spiro atoms. The summed E-state index contributed by atoms with van der Waals surface area (Å²) in [5, 5.41) is 3.64. The molecule has 1 N–H and O–H groups in total. The molecule has 1 aromatic heterocycles. The lowest BCUT2D eigenvalue weighted by Gasteiger charge is -2.13. The highest BCUT2D eigenvalue weighted by Crippen LogP contribution is 2.39. The molecule has 0 aromatic carbocycles. The van der Waals surface area contributed by atoms with Crippen LogP contribution < -0.4 is 5.32 Å². The Balaban J connectivity index is 2.27. The maximum atomic E-state index is 12.3. The number of amides is 1. The van der Waals surface area contributed by atoms with Gasteiger partial charge in [-0.05, 0) is 44.6 Å². The van der Waals surface area contributed by atoms with E-state index in [0.717, 1.165) is 37.7 Å². The highest BCUT2D eigenvalue weighted by atomic mass is 32.1. The van der Waals surface area contributed by atoms with Crippen LogP contribution in [0.5, 0.6) is 0 Å². The van der Waals surface area contributed by atoms with Crippen molar-refractivity contribution in [2.24, 2.45) is 5.92 Å². The van der Waals surface area contributed by atoms with Crippen LogP contribution >= 0.6 is 11.3 Å². The van der Waals surface area contributed by atoms with E-state index in [9.17, 15) is 9.59 Å². The summed E-state index contributed by atoms with van der Waals surface area (Å²) in [6.07, 6.45) is 4.59. The second kappa shape index (κ2) is 7.07. The van der Waals surface area contributed by atoms with E-state index in [-0.39, 0.29) is 17.8 Å². The Labute approximate surface area is 129 Å². The Bertz CT molecular complexity index is 532. The molecule has 0 saturated carbocycles. The predicted molar refractivity (Wildman–Crippen MR) is 85.0 cm³/mol. The zero-order chi connectivity index (χ0) is 15.4. The quantitative estimate of drug-likeness (QED) is 0.813. The minimum absolute atomic E-state index is 0.00279. The molecule has 0 fully saturated rings. The third-order valence-corrected chi connectivity index (χ3v) is 5.20. The second-order valence-electron chi connectivity index (χ2n) is 5.28. The first-order valence-electron chi connectivity index (χ1n) is 7.74. The number of nitrogens with one attached hydrogen (secondary N) is 1. The van der Waals surface area contributed by atoms with E-state index in [1.807, 2.05) is 13.8 Å². The number of ether oxygens (including phenoxy) is 1. The van der Waals surface area contributed by atoms with Gasteiger partial charge in [-0.25, -0.2) is 4.79 Å². The molecule has 0 saturated heterocycles. The van der Waals surface area contributed by atoms with Crippen LogP contribution in [0, 0.1) is 5.92 Å². The second-order valence-corrected chi connectivity index (χ2v) is 6.39. The van der Waals surface area contributed by atoms with Crippen molar-refractivity contribution in [2.45, 2.75) is 52.9 Å². The average molecular weight is 309 g/mol. The van der Waals surface area contributed by atoms with Crippen LogP contribution in [0.1, 0.15) is 60.8 Å². The van der Waals surface area contributed by atoms with Crippen LogP contribution in [-0.2, 0) is 22.4 Å². The summed E-state index contributed by atoms with van der Waals surface area (Å²) in [4.78, 5) is 25.7.